The molecule has 1 N–H and O–H groups in total. The fourth-order valence-electron chi connectivity index (χ4n) is 2.36. The van der Waals surface area contributed by atoms with Crippen LogP contribution >= 0.6 is 22.6 Å². The summed E-state index contributed by atoms with van der Waals surface area (Å²) in [4.78, 5) is 11.6. The first-order chi connectivity index (χ1) is 11.2. The first-order valence-corrected chi connectivity index (χ1v) is 8.72. The molecule has 0 unspecified atom stereocenters. The Bertz CT molecular complexity index is 756. The van der Waals surface area contributed by atoms with E-state index < -0.39 is 11.7 Å². The molecule has 1 aromatic carbocycles. The molecule has 0 radical (unpaired) electrons. The summed E-state index contributed by atoms with van der Waals surface area (Å²) in [6.45, 7) is 9.50. The smallest absolute Gasteiger partial charge is 0.428 e. The van der Waals surface area contributed by atoms with Gasteiger partial charge in [0.05, 0.1) is 6.21 Å². The Balaban J connectivity index is 2.15. The Kier molecular flexibility index (Phi) is 5.69. The van der Waals surface area contributed by atoms with Crippen LogP contribution < -0.4 is 5.43 Å². The van der Waals surface area contributed by atoms with Gasteiger partial charge in [-0.2, -0.15) is 5.10 Å². The fourth-order valence-corrected chi connectivity index (χ4v) is 2.72. The molecule has 1 amide bonds. The van der Waals surface area contributed by atoms with E-state index in [1.165, 1.54) is 3.57 Å². The van der Waals surface area contributed by atoms with Crippen molar-refractivity contribution >= 4 is 34.9 Å². The Morgan fingerprint density at radius 2 is 1.88 bits per heavy atom. The van der Waals surface area contributed by atoms with E-state index in [9.17, 15) is 4.79 Å². The zero-order chi connectivity index (χ0) is 17.9. The van der Waals surface area contributed by atoms with Crippen LogP contribution in [0.15, 0.2) is 35.4 Å². The third-order valence-electron chi connectivity index (χ3n) is 3.31. The van der Waals surface area contributed by atoms with Crippen molar-refractivity contribution in [3.63, 3.8) is 0 Å². The summed E-state index contributed by atoms with van der Waals surface area (Å²) < 4.78 is 8.50. The topological polar surface area (TPSA) is 55.6 Å². The van der Waals surface area contributed by atoms with Gasteiger partial charge in [-0.1, -0.05) is 0 Å². The molecule has 0 spiro atoms. The van der Waals surface area contributed by atoms with Gasteiger partial charge in [-0.3, -0.25) is 0 Å². The van der Waals surface area contributed by atoms with Gasteiger partial charge in [0.1, 0.15) is 5.60 Å². The number of halogens is 1. The number of nitrogens with zero attached hydrogens (tertiary/aromatic N) is 2. The summed E-state index contributed by atoms with van der Waals surface area (Å²) in [7, 11) is 0. The van der Waals surface area contributed by atoms with Crippen LogP contribution in [0.3, 0.4) is 0 Å². The van der Waals surface area contributed by atoms with Crippen LogP contribution in [-0.2, 0) is 4.74 Å². The summed E-state index contributed by atoms with van der Waals surface area (Å²) in [5.41, 5.74) is 6.06. The summed E-state index contributed by atoms with van der Waals surface area (Å²) in [5.74, 6) is 0. The number of carbonyl (C=O) groups is 1. The molecule has 0 bridgehead atoms. The molecule has 5 nitrogen and oxygen atoms in total. The lowest BCUT2D eigenvalue weighted by Gasteiger charge is -2.18. The molecule has 1 aromatic heterocycles. The number of hydrogen-bond donors (Lipinski definition) is 1. The van der Waals surface area contributed by atoms with Crippen molar-refractivity contribution in [2.24, 2.45) is 5.10 Å². The molecule has 0 saturated carbocycles. The van der Waals surface area contributed by atoms with Crippen LogP contribution in [0.4, 0.5) is 4.79 Å². The van der Waals surface area contributed by atoms with Gasteiger partial charge < -0.3 is 9.30 Å². The van der Waals surface area contributed by atoms with Gasteiger partial charge in [0.25, 0.3) is 0 Å². The fraction of sp³-hybridized carbons (Fsp3) is 0.333. The molecule has 0 saturated heterocycles. The Hall–Kier alpha value is -1.83. The van der Waals surface area contributed by atoms with Gasteiger partial charge in [0, 0.05) is 26.2 Å². The minimum absolute atomic E-state index is 0.541. The highest BCUT2D eigenvalue weighted by atomic mass is 127. The van der Waals surface area contributed by atoms with Crippen molar-refractivity contribution < 1.29 is 9.53 Å². The molecular formula is C18H22IN3O2. The number of nitrogens with one attached hydrogen (secondary N) is 1. The largest absolute Gasteiger partial charge is 0.443 e. The van der Waals surface area contributed by atoms with Crippen molar-refractivity contribution in [1.29, 1.82) is 0 Å². The molecule has 0 fully saturated rings. The van der Waals surface area contributed by atoms with Crippen LogP contribution in [0, 0.1) is 17.4 Å². The summed E-state index contributed by atoms with van der Waals surface area (Å²) >= 11 is 2.29. The Morgan fingerprint density at radius 1 is 1.25 bits per heavy atom. The van der Waals surface area contributed by atoms with Crippen LogP contribution in [-0.4, -0.2) is 22.5 Å². The number of benzene rings is 1. The van der Waals surface area contributed by atoms with E-state index in [0.717, 1.165) is 22.6 Å². The SMILES string of the molecule is Cc1cc(/C=N\NC(=O)OC(C)(C)C)c(C)n1-c1ccc(I)cc1. The van der Waals surface area contributed by atoms with Crippen molar-refractivity contribution in [1.82, 2.24) is 9.99 Å². The highest BCUT2D eigenvalue weighted by molar-refractivity contribution is 14.1. The normalized spacial score (nSPS) is 11.8. The summed E-state index contributed by atoms with van der Waals surface area (Å²) in [6, 6.07) is 10.4. The highest BCUT2D eigenvalue weighted by Crippen LogP contribution is 2.20. The molecule has 0 aliphatic carbocycles. The maximum Gasteiger partial charge on any atom is 0.428 e. The van der Waals surface area contributed by atoms with E-state index >= 15 is 0 Å². The highest BCUT2D eigenvalue weighted by Gasteiger charge is 2.15. The molecule has 0 aliphatic rings. The van der Waals surface area contributed by atoms with Crippen molar-refractivity contribution in [2.45, 2.75) is 40.2 Å². The molecule has 2 aromatic rings. The molecule has 24 heavy (non-hydrogen) atoms. The van der Waals surface area contributed by atoms with Gasteiger partial charge in [-0.25, -0.2) is 10.2 Å². The van der Waals surface area contributed by atoms with E-state index in [2.05, 4.69) is 62.0 Å². The standard InChI is InChI=1S/C18H22IN3O2/c1-12-10-14(11-20-21-17(23)24-18(3,4)5)13(2)22(12)16-8-6-15(19)7-9-16/h6-11H,1-5H3,(H,21,23)/b20-11-. The second-order valence-corrected chi connectivity index (χ2v) is 7.76. The number of carbonyl (C=O) groups excluding carboxylic acids is 1. The first kappa shape index (κ1) is 18.5. The van der Waals surface area contributed by atoms with Crippen molar-refractivity contribution in [2.75, 3.05) is 0 Å². The van der Waals surface area contributed by atoms with E-state index in [4.69, 9.17) is 4.74 Å². The minimum atomic E-state index is -0.565. The van der Waals surface area contributed by atoms with E-state index in [0.29, 0.717) is 0 Å². The lowest BCUT2D eigenvalue weighted by Crippen LogP contribution is -2.29. The number of ether oxygens (including phenoxy) is 1. The molecule has 128 valence electrons. The zero-order valence-corrected chi connectivity index (χ0v) is 16.7. The second kappa shape index (κ2) is 7.38. The average molecular weight is 439 g/mol. The maximum absolute atomic E-state index is 11.6. The van der Waals surface area contributed by atoms with E-state index in [1.54, 1.807) is 6.21 Å². The number of amides is 1. The van der Waals surface area contributed by atoms with Gasteiger partial charge >= 0.3 is 6.09 Å². The third kappa shape index (κ3) is 4.83. The maximum atomic E-state index is 11.6. The van der Waals surface area contributed by atoms with Crippen molar-refractivity contribution in [3.05, 3.63) is 50.9 Å². The molecule has 0 atom stereocenters. The summed E-state index contributed by atoms with van der Waals surface area (Å²) in [6.07, 6.45) is 1.07. The van der Waals surface area contributed by atoms with Gasteiger partial charge in [0.15, 0.2) is 0 Å². The van der Waals surface area contributed by atoms with Crippen LogP contribution in [0.25, 0.3) is 5.69 Å². The Morgan fingerprint density at radius 3 is 2.46 bits per heavy atom. The number of aromatic nitrogens is 1. The molecular weight excluding hydrogens is 417 g/mol. The minimum Gasteiger partial charge on any atom is -0.443 e. The number of rotatable bonds is 3. The molecule has 0 aliphatic heterocycles. The average Bonchev–Trinajstić information content (AvgIpc) is 2.73. The predicted molar refractivity (Wildman–Crippen MR) is 105 cm³/mol. The molecule has 2 rings (SSSR count). The predicted octanol–water partition coefficient (Wildman–Crippen LogP) is 4.56. The Labute approximate surface area is 156 Å². The number of aryl methyl sites for hydroxylation is 1. The monoisotopic (exact) mass is 439 g/mol. The van der Waals surface area contributed by atoms with E-state index in [-0.39, 0.29) is 0 Å². The van der Waals surface area contributed by atoms with Gasteiger partial charge in [-0.05, 0) is 87.5 Å². The molecule has 6 heteroatoms. The van der Waals surface area contributed by atoms with Crippen LogP contribution in [0.2, 0.25) is 0 Å². The zero-order valence-electron chi connectivity index (χ0n) is 14.6. The van der Waals surface area contributed by atoms with Crippen LogP contribution in [0.1, 0.15) is 37.7 Å². The summed E-state index contributed by atoms with van der Waals surface area (Å²) in [5, 5.41) is 3.98. The number of hydrogen-bond acceptors (Lipinski definition) is 3. The third-order valence-corrected chi connectivity index (χ3v) is 4.03. The second-order valence-electron chi connectivity index (χ2n) is 6.51. The first-order valence-electron chi connectivity index (χ1n) is 7.64. The number of hydrazone groups is 1. The van der Waals surface area contributed by atoms with E-state index in [1.807, 2.05) is 40.7 Å². The van der Waals surface area contributed by atoms with Crippen LogP contribution in [0.5, 0.6) is 0 Å². The molecule has 1 heterocycles. The van der Waals surface area contributed by atoms with Crippen molar-refractivity contribution in [3.8, 4) is 5.69 Å². The lowest BCUT2D eigenvalue weighted by atomic mass is 10.2. The lowest BCUT2D eigenvalue weighted by molar-refractivity contribution is 0.0529. The van der Waals surface area contributed by atoms with Gasteiger partial charge in [-0.15, -0.1) is 0 Å². The van der Waals surface area contributed by atoms with Gasteiger partial charge in [0.2, 0.25) is 0 Å². The quantitative estimate of drug-likeness (QED) is 0.433.